The molecule has 0 aromatic heterocycles. The molecule has 0 heterocycles. The molecule has 50 heavy (non-hydrogen) atoms. The Balaban J connectivity index is 1.61. The van der Waals surface area contributed by atoms with Gasteiger partial charge in [0.15, 0.2) is 0 Å². The van der Waals surface area contributed by atoms with Gasteiger partial charge in [0, 0.05) is 0 Å². The normalized spacial score (nSPS) is 15.8. The van der Waals surface area contributed by atoms with Crippen LogP contribution in [-0.2, 0) is 17.9 Å². The van der Waals surface area contributed by atoms with Crippen molar-refractivity contribution >= 4 is 56.9 Å². The number of hydrogen-bond donors (Lipinski definition) is 0. The van der Waals surface area contributed by atoms with E-state index in [4.69, 9.17) is 0 Å². The summed E-state index contributed by atoms with van der Waals surface area (Å²) in [5, 5.41) is 10.3. The van der Waals surface area contributed by atoms with E-state index in [0.29, 0.717) is 0 Å². The summed E-state index contributed by atoms with van der Waals surface area (Å²) in [6.45, 7) is 4.29. The Bertz CT molecular complexity index is 2200. The molecule has 0 N–H and O–H groups in total. The second-order valence-electron chi connectivity index (χ2n) is 12.7. The zero-order valence-electron chi connectivity index (χ0n) is 28.7. The fourth-order valence-corrected chi connectivity index (χ4v) is 13.5. The number of benzene rings is 6. The average Bonchev–Trinajstić information content (AvgIpc) is 3.64. The van der Waals surface area contributed by atoms with Gasteiger partial charge < -0.3 is 0 Å². The third-order valence-electron chi connectivity index (χ3n) is 9.88. The SMILES string of the molecule is CC=C1CCCC1=CC(/C=C/c1c2ccccc2c(/C=C/C)c2ccccc12)=C([C]#[Os])[P+](c1ccccc1)(c1ccccc1)c1ccccc1. The summed E-state index contributed by atoms with van der Waals surface area (Å²) >= 11 is 1.86. The van der Waals surface area contributed by atoms with Crippen molar-refractivity contribution in [2.24, 2.45) is 0 Å². The molecule has 1 fully saturated rings. The molecule has 0 saturated heterocycles. The molecule has 0 spiro atoms. The zero-order valence-corrected chi connectivity index (χ0v) is 32.1. The molecule has 6 aromatic carbocycles. The van der Waals surface area contributed by atoms with E-state index in [-0.39, 0.29) is 0 Å². The molecule has 245 valence electrons. The van der Waals surface area contributed by atoms with Crippen LogP contribution in [0.25, 0.3) is 33.7 Å². The van der Waals surface area contributed by atoms with Crippen LogP contribution >= 0.6 is 7.26 Å². The Hall–Kier alpha value is -4.61. The minimum absolute atomic E-state index is 1.09. The van der Waals surface area contributed by atoms with Crippen molar-refractivity contribution in [3.05, 3.63) is 197 Å². The van der Waals surface area contributed by atoms with E-state index in [0.717, 1.165) is 12.8 Å². The molecule has 0 radical (unpaired) electrons. The van der Waals surface area contributed by atoms with Crippen molar-refractivity contribution in [2.75, 3.05) is 0 Å². The van der Waals surface area contributed by atoms with Crippen LogP contribution in [0.2, 0.25) is 0 Å². The van der Waals surface area contributed by atoms with E-state index >= 15 is 0 Å². The Kier molecular flexibility index (Phi) is 10.5. The quantitative estimate of drug-likeness (QED) is 0.0814. The van der Waals surface area contributed by atoms with Crippen molar-refractivity contribution in [1.29, 1.82) is 0 Å². The van der Waals surface area contributed by atoms with Crippen molar-refractivity contribution in [1.82, 2.24) is 0 Å². The van der Waals surface area contributed by atoms with E-state index in [9.17, 15) is 0 Å². The Labute approximate surface area is 307 Å². The van der Waals surface area contributed by atoms with Crippen LogP contribution in [0.15, 0.2) is 186 Å². The van der Waals surface area contributed by atoms with Crippen molar-refractivity contribution in [3.63, 3.8) is 0 Å². The van der Waals surface area contributed by atoms with E-state index < -0.39 is 7.26 Å². The van der Waals surface area contributed by atoms with Gasteiger partial charge in [-0.1, -0.05) is 0 Å². The van der Waals surface area contributed by atoms with E-state index in [1.807, 2.05) is 17.9 Å². The maximum absolute atomic E-state index is 3.91. The first kappa shape index (κ1) is 33.9. The first-order valence-corrected chi connectivity index (χ1v) is 20.5. The molecule has 7 rings (SSSR count). The molecule has 1 saturated carbocycles. The predicted molar refractivity (Wildman–Crippen MR) is 217 cm³/mol. The number of allylic oxidation sites excluding steroid dienone is 8. The topological polar surface area (TPSA) is 0 Å². The van der Waals surface area contributed by atoms with Crippen LogP contribution in [-0.4, -0.2) is 0 Å². The van der Waals surface area contributed by atoms with Gasteiger partial charge in [-0.05, 0) is 0 Å². The number of rotatable bonds is 8. The second-order valence-corrected chi connectivity index (χ2v) is 16.6. The van der Waals surface area contributed by atoms with Gasteiger partial charge in [0.2, 0.25) is 0 Å². The van der Waals surface area contributed by atoms with E-state index in [1.54, 1.807) is 0 Å². The van der Waals surface area contributed by atoms with Gasteiger partial charge in [-0.2, -0.15) is 0 Å². The minimum atomic E-state index is -2.39. The van der Waals surface area contributed by atoms with Crippen LogP contribution in [0.5, 0.6) is 0 Å². The summed E-state index contributed by atoms with van der Waals surface area (Å²) < 4.78 is 3.91. The average molecular weight is 839 g/mol. The van der Waals surface area contributed by atoms with Crippen LogP contribution in [0.3, 0.4) is 0 Å². The van der Waals surface area contributed by atoms with Crippen LogP contribution in [0, 0.1) is 4.37 Å². The third kappa shape index (κ3) is 6.28. The van der Waals surface area contributed by atoms with Crippen molar-refractivity contribution in [3.8, 4) is 4.37 Å². The molecular weight excluding hydrogens is 798 g/mol. The van der Waals surface area contributed by atoms with Gasteiger partial charge in [-0.15, -0.1) is 0 Å². The van der Waals surface area contributed by atoms with E-state index in [1.165, 1.54) is 77.0 Å². The van der Waals surface area contributed by atoms with Crippen molar-refractivity contribution in [2.45, 2.75) is 33.1 Å². The molecule has 0 aliphatic heterocycles. The van der Waals surface area contributed by atoms with Gasteiger partial charge in [-0.25, -0.2) is 0 Å². The van der Waals surface area contributed by atoms with E-state index in [2.05, 4.69) is 194 Å². The third-order valence-corrected chi connectivity index (χ3v) is 15.3. The van der Waals surface area contributed by atoms with Gasteiger partial charge >= 0.3 is 309 Å². The molecule has 1 aliphatic rings. The van der Waals surface area contributed by atoms with Crippen LogP contribution in [0.1, 0.15) is 44.2 Å². The molecule has 1 aliphatic carbocycles. The molecule has 0 amide bonds. The molecule has 2 heteroatoms. The first-order chi connectivity index (χ1) is 24.7. The molecule has 6 aromatic rings. The maximum atomic E-state index is 3.91. The van der Waals surface area contributed by atoms with Crippen molar-refractivity contribution < 1.29 is 17.9 Å². The van der Waals surface area contributed by atoms with Crippen LogP contribution in [0.4, 0.5) is 0 Å². The Morgan fingerprint density at radius 1 is 0.560 bits per heavy atom. The summed E-state index contributed by atoms with van der Waals surface area (Å²) in [5.41, 5.74) is 6.65. The standard InChI is InChI=1S/C48H41P.Os/c1-4-20-43-44-29-15-17-31-46(44)48(47-32-18-16-30-45(43)47)34-33-38(35-39-22-19-21-37(39)5-2)36(3)49(40-23-9-6-10-24-40,41-25-11-7-12-26-41)42-27-13-8-14-28-42;/h4-18,20,23-35H,19,21-22H2,1-2H3;/q+1;/b20-4+,34-33+,37-5?,38-36?,39-35?;. The van der Waals surface area contributed by atoms with Gasteiger partial charge in [-0.3, -0.25) is 0 Å². The molecular formula is C48H41OsP+. The summed E-state index contributed by atoms with van der Waals surface area (Å²) in [6, 6.07) is 51.3. The fraction of sp³-hybridized carbons (Fsp3) is 0.104. The van der Waals surface area contributed by atoms with Crippen LogP contribution < -0.4 is 15.9 Å². The molecule has 0 bridgehead atoms. The fourth-order valence-electron chi connectivity index (χ4n) is 7.66. The monoisotopic (exact) mass is 840 g/mol. The first-order valence-electron chi connectivity index (χ1n) is 17.5. The molecule has 0 atom stereocenters. The number of hydrogen-bond acceptors (Lipinski definition) is 0. The Morgan fingerprint density at radius 2 is 0.980 bits per heavy atom. The molecule has 0 unspecified atom stereocenters. The van der Waals surface area contributed by atoms with Gasteiger partial charge in [0.1, 0.15) is 0 Å². The van der Waals surface area contributed by atoms with Gasteiger partial charge in [0.05, 0.1) is 0 Å². The zero-order chi connectivity index (χ0) is 34.3. The van der Waals surface area contributed by atoms with Gasteiger partial charge in [0.25, 0.3) is 0 Å². The predicted octanol–water partition coefficient (Wildman–Crippen LogP) is 11.9. The molecule has 0 nitrogen and oxygen atoms in total. The summed E-state index contributed by atoms with van der Waals surface area (Å²) in [5.74, 6) is 0. The summed E-state index contributed by atoms with van der Waals surface area (Å²) in [4.78, 5) is 0. The second kappa shape index (κ2) is 15.5. The number of fused-ring (bicyclic) bond motifs is 2. The summed E-state index contributed by atoms with van der Waals surface area (Å²) in [7, 11) is -2.39. The Morgan fingerprint density at radius 3 is 1.40 bits per heavy atom. The summed E-state index contributed by atoms with van der Waals surface area (Å²) in [6.07, 6.45) is 17.4.